The summed E-state index contributed by atoms with van der Waals surface area (Å²) in [6.07, 6.45) is 0. The van der Waals surface area contributed by atoms with Gasteiger partial charge in [0.15, 0.2) is 0 Å². The maximum Gasteiger partial charge on any atom is 0.322 e. The second kappa shape index (κ2) is 6.70. The van der Waals surface area contributed by atoms with Gasteiger partial charge < -0.3 is 4.42 Å². The fourth-order valence-electron chi connectivity index (χ4n) is 2.39. The first-order valence-corrected chi connectivity index (χ1v) is 8.52. The number of thiophene rings is 1. The van der Waals surface area contributed by atoms with Crippen LogP contribution in [0.2, 0.25) is 0 Å². The van der Waals surface area contributed by atoms with Gasteiger partial charge in [0.05, 0.1) is 4.88 Å². The summed E-state index contributed by atoms with van der Waals surface area (Å²) in [5, 5.41) is 12.3. The first-order valence-electron chi connectivity index (χ1n) is 7.64. The zero-order valence-corrected chi connectivity index (χ0v) is 13.9. The highest BCUT2D eigenvalue weighted by Gasteiger charge is 2.13. The SMILES string of the molecule is O=C(Nc1nnc(-c2cccs2)o1)c1ccc(-c2ccccc2)cc1. The Morgan fingerprint density at radius 2 is 1.64 bits per heavy atom. The second-order valence-electron chi connectivity index (χ2n) is 5.29. The fraction of sp³-hybridized carbons (Fsp3) is 0. The average molecular weight is 347 g/mol. The molecule has 1 amide bonds. The molecule has 0 spiro atoms. The van der Waals surface area contributed by atoms with Crippen molar-refractivity contribution in [3.05, 3.63) is 77.7 Å². The molecule has 0 aliphatic heterocycles. The van der Waals surface area contributed by atoms with Crippen molar-refractivity contribution in [2.24, 2.45) is 0 Å². The number of hydrogen-bond donors (Lipinski definition) is 1. The van der Waals surface area contributed by atoms with Gasteiger partial charge in [-0.2, -0.15) is 0 Å². The van der Waals surface area contributed by atoms with E-state index in [-0.39, 0.29) is 11.9 Å². The van der Waals surface area contributed by atoms with Crippen LogP contribution < -0.4 is 5.32 Å². The monoisotopic (exact) mass is 347 g/mol. The number of rotatable bonds is 4. The lowest BCUT2D eigenvalue weighted by Gasteiger charge is -2.04. The molecule has 4 aromatic rings. The van der Waals surface area contributed by atoms with E-state index in [0.717, 1.165) is 16.0 Å². The van der Waals surface area contributed by atoms with Crippen molar-refractivity contribution >= 4 is 23.3 Å². The Morgan fingerprint density at radius 3 is 2.36 bits per heavy atom. The van der Waals surface area contributed by atoms with E-state index in [9.17, 15) is 4.79 Å². The third-order valence-electron chi connectivity index (χ3n) is 3.63. The summed E-state index contributed by atoms with van der Waals surface area (Å²) in [6, 6.07) is 21.2. The number of benzene rings is 2. The summed E-state index contributed by atoms with van der Waals surface area (Å²) in [5.74, 6) is 0.103. The number of nitrogens with zero attached hydrogens (tertiary/aromatic N) is 2. The lowest BCUT2D eigenvalue weighted by molar-refractivity contribution is 0.102. The van der Waals surface area contributed by atoms with Gasteiger partial charge in [0.1, 0.15) is 0 Å². The highest BCUT2D eigenvalue weighted by molar-refractivity contribution is 7.13. The van der Waals surface area contributed by atoms with Crippen molar-refractivity contribution in [1.82, 2.24) is 10.2 Å². The Kier molecular flexibility index (Phi) is 4.10. The van der Waals surface area contributed by atoms with E-state index in [1.807, 2.05) is 60.0 Å². The van der Waals surface area contributed by atoms with E-state index in [1.54, 1.807) is 12.1 Å². The standard InChI is InChI=1S/C19H13N3O2S/c23-17(20-19-22-21-18(24-19)16-7-4-12-25-16)15-10-8-14(9-11-15)13-5-2-1-3-6-13/h1-12H,(H,20,22,23). The van der Waals surface area contributed by atoms with Crippen LogP contribution in [-0.2, 0) is 0 Å². The van der Waals surface area contributed by atoms with Crippen molar-refractivity contribution < 1.29 is 9.21 Å². The first kappa shape index (κ1) is 15.3. The Morgan fingerprint density at radius 1 is 0.880 bits per heavy atom. The van der Waals surface area contributed by atoms with Crippen LogP contribution in [0.1, 0.15) is 10.4 Å². The van der Waals surface area contributed by atoms with E-state index in [1.165, 1.54) is 11.3 Å². The van der Waals surface area contributed by atoms with Crippen LogP contribution in [0.5, 0.6) is 0 Å². The van der Waals surface area contributed by atoms with Gasteiger partial charge in [-0.15, -0.1) is 16.4 Å². The van der Waals surface area contributed by atoms with Gasteiger partial charge in [-0.1, -0.05) is 53.6 Å². The maximum absolute atomic E-state index is 12.3. The van der Waals surface area contributed by atoms with Crippen LogP contribution in [0, 0.1) is 0 Å². The number of carbonyl (C=O) groups is 1. The van der Waals surface area contributed by atoms with Gasteiger partial charge in [0.25, 0.3) is 11.8 Å². The van der Waals surface area contributed by atoms with Crippen LogP contribution in [-0.4, -0.2) is 16.1 Å². The van der Waals surface area contributed by atoms with Gasteiger partial charge >= 0.3 is 6.01 Å². The maximum atomic E-state index is 12.3. The molecular weight excluding hydrogens is 334 g/mol. The smallest absolute Gasteiger partial charge is 0.322 e. The van der Waals surface area contributed by atoms with Gasteiger partial charge in [-0.3, -0.25) is 10.1 Å². The topological polar surface area (TPSA) is 68.0 Å². The number of anilines is 1. The number of hydrogen-bond acceptors (Lipinski definition) is 5. The van der Waals surface area contributed by atoms with Gasteiger partial charge in [0, 0.05) is 5.56 Å². The zero-order valence-electron chi connectivity index (χ0n) is 13.0. The van der Waals surface area contributed by atoms with E-state index in [0.29, 0.717) is 11.5 Å². The number of nitrogens with one attached hydrogen (secondary N) is 1. The summed E-state index contributed by atoms with van der Waals surface area (Å²) in [6.45, 7) is 0. The molecule has 4 rings (SSSR count). The number of aromatic nitrogens is 2. The highest BCUT2D eigenvalue weighted by atomic mass is 32.1. The molecule has 2 heterocycles. The molecule has 0 aliphatic rings. The lowest BCUT2D eigenvalue weighted by atomic mass is 10.0. The quantitative estimate of drug-likeness (QED) is 0.580. The summed E-state index contributed by atoms with van der Waals surface area (Å²) in [5.41, 5.74) is 2.68. The Labute approximate surface area is 148 Å². The zero-order chi connectivity index (χ0) is 17.1. The molecule has 25 heavy (non-hydrogen) atoms. The molecule has 0 fully saturated rings. The second-order valence-corrected chi connectivity index (χ2v) is 6.23. The number of carbonyl (C=O) groups excluding carboxylic acids is 1. The van der Waals surface area contributed by atoms with Crippen molar-refractivity contribution in [1.29, 1.82) is 0 Å². The van der Waals surface area contributed by atoms with E-state index in [4.69, 9.17) is 4.42 Å². The molecule has 0 radical (unpaired) electrons. The molecule has 2 aromatic heterocycles. The predicted molar refractivity (Wildman–Crippen MR) is 97.4 cm³/mol. The van der Waals surface area contributed by atoms with Crippen LogP contribution in [0.15, 0.2) is 76.5 Å². The predicted octanol–water partition coefficient (Wildman–Crippen LogP) is 4.72. The Balaban J connectivity index is 1.48. The number of amides is 1. The van der Waals surface area contributed by atoms with Crippen molar-refractivity contribution in [3.8, 4) is 21.9 Å². The molecule has 6 heteroatoms. The van der Waals surface area contributed by atoms with Crippen LogP contribution in [0.3, 0.4) is 0 Å². The van der Waals surface area contributed by atoms with Gasteiger partial charge in [-0.25, -0.2) is 0 Å². The molecule has 0 aliphatic carbocycles. The van der Waals surface area contributed by atoms with Gasteiger partial charge in [-0.05, 0) is 34.7 Å². The third-order valence-corrected chi connectivity index (χ3v) is 4.49. The average Bonchev–Trinajstić information content (AvgIpc) is 3.34. The Bertz CT molecular complexity index is 977. The van der Waals surface area contributed by atoms with Crippen molar-refractivity contribution in [2.75, 3.05) is 5.32 Å². The molecule has 5 nitrogen and oxygen atoms in total. The molecule has 0 saturated carbocycles. The van der Waals surface area contributed by atoms with E-state index < -0.39 is 0 Å². The molecule has 0 saturated heterocycles. The van der Waals surface area contributed by atoms with E-state index >= 15 is 0 Å². The van der Waals surface area contributed by atoms with Crippen LogP contribution in [0.25, 0.3) is 21.9 Å². The minimum absolute atomic E-state index is 0.0838. The van der Waals surface area contributed by atoms with Crippen molar-refractivity contribution in [2.45, 2.75) is 0 Å². The Hall–Kier alpha value is -3.25. The summed E-state index contributed by atoms with van der Waals surface area (Å²) in [7, 11) is 0. The molecule has 122 valence electrons. The minimum Gasteiger partial charge on any atom is -0.402 e. The molecular formula is C19H13N3O2S. The van der Waals surface area contributed by atoms with E-state index in [2.05, 4.69) is 15.5 Å². The first-order chi connectivity index (χ1) is 12.3. The summed E-state index contributed by atoms with van der Waals surface area (Å²) >= 11 is 1.50. The van der Waals surface area contributed by atoms with Crippen LogP contribution in [0.4, 0.5) is 6.01 Å². The molecule has 0 bridgehead atoms. The van der Waals surface area contributed by atoms with Crippen molar-refractivity contribution in [3.63, 3.8) is 0 Å². The molecule has 0 atom stereocenters. The summed E-state index contributed by atoms with van der Waals surface area (Å²) in [4.78, 5) is 13.2. The largest absolute Gasteiger partial charge is 0.402 e. The normalized spacial score (nSPS) is 10.6. The fourth-order valence-corrected chi connectivity index (χ4v) is 3.03. The van der Waals surface area contributed by atoms with Gasteiger partial charge in [0.2, 0.25) is 0 Å². The van der Waals surface area contributed by atoms with Crippen LogP contribution >= 0.6 is 11.3 Å². The summed E-state index contributed by atoms with van der Waals surface area (Å²) < 4.78 is 5.47. The lowest BCUT2D eigenvalue weighted by Crippen LogP contribution is -2.11. The molecule has 2 aromatic carbocycles. The molecule has 0 unspecified atom stereocenters. The third kappa shape index (κ3) is 3.34. The highest BCUT2D eigenvalue weighted by Crippen LogP contribution is 2.25. The minimum atomic E-state index is -0.291. The molecule has 1 N–H and O–H groups in total.